The molecule has 3 rings (SSSR count). The van der Waals surface area contributed by atoms with Crippen molar-refractivity contribution >= 4 is 5.69 Å². The van der Waals surface area contributed by atoms with Gasteiger partial charge in [-0.15, -0.1) is 0 Å². The first-order chi connectivity index (χ1) is 10.3. The van der Waals surface area contributed by atoms with Gasteiger partial charge in [0.15, 0.2) is 0 Å². The summed E-state index contributed by atoms with van der Waals surface area (Å²) >= 11 is 0. The maximum Gasteiger partial charge on any atom is 0.0314 e. The van der Waals surface area contributed by atoms with Crippen LogP contribution in [0.5, 0.6) is 0 Å². The molecule has 0 saturated carbocycles. The summed E-state index contributed by atoms with van der Waals surface area (Å²) in [7, 11) is 0. The van der Waals surface area contributed by atoms with Gasteiger partial charge in [-0.1, -0.05) is 54.3 Å². The molecule has 3 aromatic rings. The summed E-state index contributed by atoms with van der Waals surface area (Å²) < 4.78 is 0. The molecule has 0 aliphatic carbocycles. The number of anilines is 1. The fraction of sp³-hybridized carbons (Fsp3) is 0. The molecule has 0 aliphatic rings. The highest BCUT2D eigenvalue weighted by Gasteiger charge is 1.95. The van der Waals surface area contributed by atoms with Gasteiger partial charge in [0.1, 0.15) is 0 Å². The maximum absolute atomic E-state index is 5.66. The zero-order valence-corrected chi connectivity index (χ0v) is 11.6. The van der Waals surface area contributed by atoms with Crippen LogP contribution in [0, 0.1) is 11.8 Å². The second-order valence-corrected chi connectivity index (χ2v) is 4.82. The van der Waals surface area contributed by atoms with E-state index in [-0.39, 0.29) is 0 Å². The Labute approximate surface area is 125 Å². The molecule has 2 N–H and O–H groups in total. The predicted molar refractivity (Wildman–Crippen MR) is 88.7 cm³/mol. The molecule has 0 saturated heterocycles. The molecule has 0 spiro atoms. The second kappa shape index (κ2) is 5.98. The van der Waals surface area contributed by atoms with E-state index in [1.165, 1.54) is 11.1 Å². The minimum Gasteiger partial charge on any atom is -0.399 e. The van der Waals surface area contributed by atoms with E-state index in [9.17, 15) is 0 Å². The average Bonchev–Trinajstić information content (AvgIpc) is 2.56. The van der Waals surface area contributed by atoms with E-state index < -0.39 is 0 Å². The minimum absolute atomic E-state index is 0.757. The van der Waals surface area contributed by atoms with Gasteiger partial charge in [0, 0.05) is 16.8 Å². The largest absolute Gasteiger partial charge is 0.399 e. The van der Waals surface area contributed by atoms with Crippen molar-refractivity contribution in [2.24, 2.45) is 0 Å². The molecule has 0 fully saturated rings. The van der Waals surface area contributed by atoms with Gasteiger partial charge in [-0.25, -0.2) is 0 Å². The van der Waals surface area contributed by atoms with Gasteiger partial charge in [0.25, 0.3) is 0 Å². The highest BCUT2D eigenvalue weighted by Crippen LogP contribution is 2.18. The van der Waals surface area contributed by atoms with Crippen LogP contribution in [0.4, 0.5) is 5.69 Å². The maximum atomic E-state index is 5.66. The Bertz CT molecular complexity index is 773. The average molecular weight is 269 g/mol. The van der Waals surface area contributed by atoms with Gasteiger partial charge in [-0.2, -0.15) is 0 Å². The molecule has 0 amide bonds. The lowest BCUT2D eigenvalue weighted by atomic mass is 10.0. The van der Waals surface area contributed by atoms with E-state index in [1.54, 1.807) is 0 Å². The topological polar surface area (TPSA) is 26.0 Å². The van der Waals surface area contributed by atoms with E-state index in [4.69, 9.17) is 5.73 Å². The first-order valence-electron chi connectivity index (χ1n) is 6.84. The van der Waals surface area contributed by atoms with Gasteiger partial charge < -0.3 is 5.73 Å². The van der Waals surface area contributed by atoms with Crippen molar-refractivity contribution < 1.29 is 0 Å². The van der Waals surface area contributed by atoms with Crippen LogP contribution in [0.25, 0.3) is 11.1 Å². The Balaban J connectivity index is 1.81. The summed E-state index contributed by atoms with van der Waals surface area (Å²) in [4.78, 5) is 0. The van der Waals surface area contributed by atoms with Gasteiger partial charge in [0.05, 0.1) is 0 Å². The number of nitrogen functional groups attached to an aromatic ring is 1. The van der Waals surface area contributed by atoms with Crippen LogP contribution in [-0.4, -0.2) is 0 Å². The van der Waals surface area contributed by atoms with Crippen LogP contribution in [-0.2, 0) is 0 Å². The summed E-state index contributed by atoms with van der Waals surface area (Å²) in [5.74, 6) is 6.31. The second-order valence-electron chi connectivity index (χ2n) is 4.82. The van der Waals surface area contributed by atoms with Crippen molar-refractivity contribution in [1.82, 2.24) is 0 Å². The summed E-state index contributed by atoms with van der Waals surface area (Å²) in [6, 6.07) is 26.2. The molecule has 0 aromatic heterocycles. The number of benzene rings is 3. The van der Waals surface area contributed by atoms with Crippen LogP contribution in [0.3, 0.4) is 0 Å². The van der Waals surface area contributed by atoms with Crippen molar-refractivity contribution in [2.45, 2.75) is 0 Å². The lowest BCUT2D eigenvalue weighted by molar-refractivity contribution is 1.59. The van der Waals surface area contributed by atoms with Gasteiger partial charge in [0.2, 0.25) is 0 Å². The third kappa shape index (κ3) is 3.32. The number of nitrogens with two attached hydrogens (primary N) is 1. The van der Waals surface area contributed by atoms with Gasteiger partial charge in [-0.3, -0.25) is 0 Å². The normalized spacial score (nSPS) is 9.71. The summed E-state index contributed by atoms with van der Waals surface area (Å²) in [5.41, 5.74) is 10.8. The highest BCUT2D eigenvalue weighted by atomic mass is 14.5. The third-order valence-corrected chi connectivity index (χ3v) is 3.25. The third-order valence-electron chi connectivity index (χ3n) is 3.25. The molecule has 0 heterocycles. The summed E-state index contributed by atoms with van der Waals surface area (Å²) in [6.07, 6.45) is 0. The van der Waals surface area contributed by atoms with Crippen LogP contribution in [0.1, 0.15) is 11.1 Å². The molecule has 3 aromatic carbocycles. The molecule has 0 aliphatic heterocycles. The molecule has 0 atom stereocenters. The first-order valence-corrected chi connectivity index (χ1v) is 6.84. The Morgan fingerprint density at radius 3 is 1.57 bits per heavy atom. The number of rotatable bonds is 1. The van der Waals surface area contributed by atoms with E-state index in [0.717, 1.165) is 16.8 Å². The minimum atomic E-state index is 0.757. The first kappa shape index (κ1) is 13.0. The van der Waals surface area contributed by atoms with Gasteiger partial charge in [-0.05, 0) is 47.5 Å². The summed E-state index contributed by atoms with van der Waals surface area (Å²) in [6.45, 7) is 0. The number of hydrogen-bond acceptors (Lipinski definition) is 1. The molecule has 21 heavy (non-hydrogen) atoms. The Hall–Kier alpha value is -2.98. The standard InChI is InChI=1S/C20H15N/c21-20-14-10-17(11-15-20)7-6-16-8-12-19(13-9-16)18-4-2-1-3-5-18/h1-5,8-15H,21H2. The highest BCUT2D eigenvalue weighted by molar-refractivity contribution is 5.64. The molecule has 1 heteroatoms. The molecular weight excluding hydrogens is 254 g/mol. The van der Waals surface area contributed by atoms with Crippen LogP contribution in [0.15, 0.2) is 78.9 Å². The lowest BCUT2D eigenvalue weighted by Crippen LogP contribution is -1.83. The molecule has 0 unspecified atom stereocenters. The quantitative estimate of drug-likeness (QED) is 0.516. The Kier molecular flexibility index (Phi) is 3.71. The van der Waals surface area contributed by atoms with E-state index in [1.807, 2.05) is 54.6 Å². The van der Waals surface area contributed by atoms with Gasteiger partial charge >= 0.3 is 0 Å². The Morgan fingerprint density at radius 2 is 1.00 bits per heavy atom. The predicted octanol–water partition coefficient (Wildman–Crippen LogP) is 4.34. The van der Waals surface area contributed by atoms with Crippen LogP contribution < -0.4 is 5.73 Å². The lowest BCUT2D eigenvalue weighted by Gasteiger charge is -2.00. The van der Waals surface area contributed by atoms with E-state index >= 15 is 0 Å². The van der Waals surface area contributed by atoms with Crippen LogP contribution in [0.2, 0.25) is 0 Å². The zero-order chi connectivity index (χ0) is 14.5. The fourth-order valence-electron chi connectivity index (χ4n) is 2.09. The molecule has 0 radical (unpaired) electrons. The zero-order valence-electron chi connectivity index (χ0n) is 11.6. The Morgan fingerprint density at radius 1 is 0.524 bits per heavy atom. The van der Waals surface area contributed by atoms with E-state index in [0.29, 0.717) is 0 Å². The van der Waals surface area contributed by atoms with Crippen molar-refractivity contribution in [3.8, 4) is 23.0 Å². The van der Waals surface area contributed by atoms with Crippen LogP contribution >= 0.6 is 0 Å². The van der Waals surface area contributed by atoms with E-state index in [2.05, 4.69) is 36.1 Å². The number of hydrogen-bond donors (Lipinski definition) is 1. The van der Waals surface area contributed by atoms with Crippen molar-refractivity contribution in [1.29, 1.82) is 0 Å². The van der Waals surface area contributed by atoms with Crippen molar-refractivity contribution in [2.75, 3.05) is 5.73 Å². The van der Waals surface area contributed by atoms with Crippen molar-refractivity contribution in [3.05, 3.63) is 90.0 Å². The molecule has 0 bridgehead atoms. The smallest absolute Gasteiger partial charge is 0.0314 e. The fourth-order valence-corrected chi connectivity index (χ4v) is 2.09. The molecule has 100 valence electrons. The molecular formula is C20H15N. The SMILES string of the molecule is Nc1ccc(C#Cc2ccc(-c3ccccc3)cc2)cc1. The monoisotopic (exact) mass is 269 g/mol. The van der Waals surface area contributed by atoms with Crippen molar-refractivity contribution in [3.63, 3.8) is 0 Å². The summed E-state index contributed by atoms with van der Waals surface area (Å²) in [5, 5.41) is 0. The molecule has 1 nitrogen and oxygen atoms in total.